The zero-order valence-corrected chi connectivity index (χ0v) is 69.4. The summed E-state index contributed by atoms with van der Waals surface area (Å²) in [6.07, 6.45) is -10.2. The SMILES string of the molecule is CC(C)(C)OC(=O)N1CCC(c2ccc(N)c3c2CCO3)C(O)C1.COc1cc(C(F)(F)F)ccc1-c1cccc2cnc(Nc3ccc(C4CCN(C(=O)OC(C)(C)C)CC4O)c4c3OCC4)nc12.COc1cc(C(F)(F)F)ccc1-c1cccc2cnc(Nc3ccc(C4CCN(C(=O)OC(C)(C)C)CC4O)c4c3OCC4)nc12.O=C(O)C(F)(F)F. The number of halogens is 9. The molecule has 6 atom stereocenters. The van der Waals surface area contributed by atoms with Gasteiger partial charge in [-0.1, -0.05) is 54.6 Å². The summed E-state index contributed by atoms with van der Waals surface area (Å²) in [5.41, 5.74) is 13.8. The van der Waals surface area contributed by atoms with Gasteiger partial charge in [0.25, 0.3) is 0 Å². The summed E-state index contributed by atoms with van der Waals surface area (Å²) in [6.45, 7) is 20.1. The number of nitrogens with zero attached hydrogens (tertiary/aromatic N) is 7. The van der Waals surface area contributed by atoms with Crippen molar-refractivity contribution in [3.63, 3.8) is 0 Å². The van der Waals surface area contributed by atoms with E-state index in [2.05, 4.69) is 20.6 Å². The third kappa shape index (κ3) is 21.4. The van der Waals surface area contributed by atoms with E-state index in [9.17, 15) is 69.2 Å². The Kier molecular flexibility index (Phi) is 26.7. The normalized spacial score (nSPS) is 18.9. The molecule has 0 aliphatic carbocycles. The average Bonchev–Trinajstić information content (AvgIpc) is 1.74. The number of methoxy groups -OCH3 is 2. The highest BCUT2D eigenvalue weighted by Gasteiger charge is 2.42. The number of aromatic nitrogens is 4. The molecule has 2 aromatic heterocycles. The number of piperidine rings is 3. The van der Waals surface area contributed by atoms with Crippen molar-refractivity contribution in [2.45, 2.75) is 172 Å². The van der Waals surface area contributed by atoms with Gasteiger partial charge in [-0.05, 0) is 153 Å². The van der Waals surface area contributed by atoms with E-state index < -0.39 is 82.9 Å². The van der Waals surface area contributed by atoms with E-state index in [1.807, 2.05) is 111 Å². The van der Waals surface area contributed by atoms with Gasteiger partial charge in [-0.15, -0.1) is 0 Å². The predicted octanol–water partition coefficient (Wildman–Crippen LogP) is 17.1. The van der Waals surface area contributed by atoms with Crippen molar-refractivity contribution < 1.29 is 117 Å². The van der Waals surface area contributed by atoms with Crippen LogP contribution in [0.5, 0.6) is 28.7 Å². The number of carbonyl (C=O) groups excluding carboxylic acids is 3. The maximum Gasteiger partial charge on any atom is 0.490 e. The van der Waals surface area contributed by atoms with Crippen LogP contribution in [0.1, 0.15) is 144 Å². The highest BCUT2D eigenvalue weighted by atomic mass is 19.4. The summed E-state index contributed by atoms with van der Waals surface area (Å²) >= 11 is 0. The van der Waals surface area contributed by atoms with Gasteiger partial charge in [0.2, 0.25) is 11.9 Å². The van der Waals surface area contributed by atoms with Crippen LogP contribution in [0.2, 0.25) is 0 Å². The van der Waals surface area contributed by atoms with E-state index in [1.54, 1.807) is 51.4 Å². The molecule has 6 aliphatic heterocycles. The fourth-order valence-corrected chi connectivity index (χ4v) is 15.7. The molecule has 0 saturated carbocycles. The minimum absolute atomic E-state index is 0.0141. The number of aliphatic carboxylic acids is 1. The molecular formula is C88H97F9N10O16. The number of nitrogens with one attached hydrogen (secondary N) is 2. The third-order valence-electron chi connectivity index (χ3n) is 21.2. The molecule has 6 aliphatic rings. The molecule has 15 rings (SSSR count). The van der Waals surface area contributed by atoms with E-state index in [-0.39, 0.29) is 66.9 Å². The van der Waals surface area contributed by atoms with Crippen LogP contribution in [0.25, 0.3) is 44.1 Å². The molecule has 9 aromatic rings. The lowest BCUT2D eigenvalue weighted by molar-refractivity contribution is -0.192. The van der Waals surface area contributed by atoms with Gasteiger partial charge in [0.1, 0.15) is 45.6 Å². The molecule has 35 heteroatoms. The molecule has 6 unspecified atom stereocenters. The van der Waals surface area contributed by atoms with Crippen molar-refractivity contribution in [2.75, 3.05) is 89.7 Å². The Morgan fingerprint density at radius 2 is 0.797 bits per heavy atom. The van der Waals surface area contributed by atoms with Crippen molar-refractivity contribution in [3.8, 4) is 51.0 Å². The number of nitrogens with two attached hydrogens (primary N) is 1. The highest BCUT2D eigenvalue weighted by Crippen LogP contribution is 2.48. The topological polar surface area (TPSA) is 334 Å². The van der Waals surface area contributed by atoms with Crippen LogP contribution in [-0.4, -0.2) is 194 Å². The maximum atomic E-state index is 13.4. The number of aliphatic hydroxyl groups is 3. The Morgan fingerprint density at radius 1 is 0.463 bits per heavy atom. The molecule has 0 radical (unpaired) electrons. The predicted molar refractivity (Wildman–Crippen MR) is 438 cm³/mol. The van der Waals surface area contributed by atoms with E-state index in [0.29, 0.717) is 144 Å². The Bertz CT molecular complexity index is 5150. The number of carboxylic acids is 1. The summed E-state index contributed by atoms with van der Waals surface area (Å²) in [6, 6.07) is 29.1. The van der Waals surface area contributed by atoms with Gasteiger partial charge in [0.15, 0.2) is 0 Å². The second kappa shape index (κ2) is 36.3. The van der Waals surface area contributed by atoms with E-state index in [0.717, 1.165) is 69.8 Å². The summed E-state index contributed by atoms with van der Waals surface area (Å²) in [5, 5.41) is 47.9. The molecule has 8 N–H and O–H groups in total. The Balaban J connectivity index is 0.000000169. The average molecular weight is 1720 g/mol. The number of alkyl halides is 9. The van der Waals surface area contributed by atoms with Crippen LogP contribution in [0.4, 0.5) is 82.9 Å². The first-order valence-electron chi connectivity index (χ1n) is 39.8. The summed E-state index contributed by atoms with van der Waals surface area (Å²) in [5.74, 6) is -0.345. The van der Waals surface area contributed by atoms with Crippen LogP contribution >= 0.6 is 0 Å². The maximum absolute atomic E-state index is 13.4. The number of β-amino-alcohol motifs (C(OH)–C–C–N with tert-alkyl or cyclic N) is 3. The zero-order chi connectivity index (χ0) is 89.2. The van der Waals surface area contributed by atoms with Crippen LogP contribution in [0.3, 0.4) is 0 Å². The number of para-hydroxylation sites is 2. The summed E-state index contributed by atoms with van der Waals surface area (Å²) in [7, 11) is 2.67. The number of benzene rings is 7. The Labute approximate surface area is 702 Å². The van der Waals surface area contributed by atoms with E-state index in [1.165, 1.54) is 26.4 Å². The third-order valence-corrected chi connectivity index (χ3v) is 21.2. The summed E-state index contributed by atoms with van der Waals surface area (Å²) in [4.78, 5) is 69.4. The molecule has 3 amide bonds. The number of hydrogen-bond acceptors (Lipinski definition) is 22. The molecule has 0 spiro atoms. The van der Waals surface area contributed by atoms with Gasteiger partial charge in [0.05, 0.1) is 111 Å². The van der Waals surface area contributed by atoms with E-state index >= 15 is 0 Å². The van der Waals surface area contributed by atoms with Gasteiger partial charge in [0, 0.05) is 119 Å². The van der Waals surface area contributed by atoms with Crippen LogP contribution < -0.4 is 40.1 Å². The van der Waals surface area contributed by atoms with E-state index in [4.69, 9.17) is 63.5 Å². The first-order valence-corrected chi connectivity index (χ1v) is 39.8. The number of hydrogen-bond donors (Lipinski definition) is 7. The zero-order valence-electron chi connectivity index (χ0n) is 69.4. The molecule has 8 heterocycles. The Morgan fingerprint density at radius 3 is 1.11 bits per heavy atom. The number of anilines is 5. The number of fused-ring (bicyclic) bond motifs is 5. The molecule has 0 bridgehead atoms. The van der Waals surface area contributed by atoms with Crippen molar-refractivity contribution in [3.05, 3.63) is 166 Å². The lowest BCUT2D eigenvalue weighted by Gasteiger charge is -2.37. The van der Waals surface area contributed by atoms with Gasteiger partial charge in [-0.3, -0.25) is 0 Å². The van der Waals surface area contributed by atoms with Crippen LogP contribution in [0.15, 0.2) is 122 Å². The highest BCUT2D eigenvalue weighted by molar-refractivity contribution is 5.97. The quantitative estimate of drug-likeness (QED) is 0.0359. The van der Waals surface area contributed by atoms with Crippen LogP contribution in [0, 0.1) is 0 Å². The van der Waals surface area contributed by atoms with Crippen LogP contribution in [-0.2, 0) is 50.6 Å². The van der Waals surface area contributed by atoms with Crippen molar-refractivity contribution in [1.82, 2.24) is 34.6 Å². The number of nitrogen functional groups attached to an aromatic ring is 1. The number of carboxylic acid groups (broad SMARTS) is 1. The molecule has 7 aromatic carbocycles. The molecule has 3 fully saturated rings. The van der Waals surface area contributed by atoms with Gasteiger partial charge in [-0.2, -0.15) is 39.5 Å². The Hall–Kier alpha value is -11.9. The molecule has 26 nitrogen and oxygen atoms in total. The van der Waals surface area contributed by atoms with Crippen molar-refractivity contribution in [2.24, 2.45) is 0 Å². The second-order valence-electron chi connectivity index (χ2n) is 33.3. The molecular weight excluding hydrogens is 1620 g/mol. The monoisotopic (exact) mass is 1720 g/mol. The number of amides is 3. The molecule has 658 valence electrons. The van der Waals surface area contributed by atoms with Crippen molar-refractivity contribution in [1.29, 1.82) is 0 Å². The number of aliphatic hydroxyl groups excluding tert-OH is 3. The molecule has 123 heavy (non-hydrogen) atoms. The number of ether oxygens (including phenoxy) is 8. The smallest absolute Gasteiger partial charge is 0.490 e. The first kappa shape index (κ1) is 90.4. The lowest BCUT2D eigenvalue weighted by Crippen LogP contribution is -2.47. The van der Waals surface area contributed by atoms with Gasteiger partial charge < -0.3 is 89.4 Å². The second-order valence-corrected chi connectivity index (χ2v) is 33.3. The van der Waals surface area contributed by atoms with Gasteiger partial charge >= 0.3 is 42.8 Å². The largest absolute Gasteiger partial charge is 0.496 e. The van der Waals surface area contributed by atoms with Crippen molar-refractivity contribution >= 4 is 75.0 Å². The summed E-state index contributed by atoms with van der Waals surface area (Å²) < 4.78 is 157. The number of carbonyl (C=O) groups is 4. The number of likely N-dealkylation sites (tertiary alicyclic amines) is 3. The standard InChI is InChI=1S/2C34H35F3N4O5.C18H26N2O4.C2HF3O2/c2*1-33(2,3)46-32(43)41-14-12-22(27(42)18-41)21-10-11-26(30-25(21)13-15-45-30)39-31-38-17-19-6-5-7-24(29(19)40-31)23-9-8-20(34(35,36)37)16-28(23)44-4;1-18(2,3)24-17(22)20-8-6-12(15(21)10-20)11-4-5-14(19)16-13(11)7-9-23-16;3-2(4,5)1(6)7/h2*5-11,16-17,22,27,42H,12-15,18H2,1-4H3,(H,38,39,40);4-5,12,15,21H,6-10,19H2,1-3H3;(H,6,7). The fourth-order valence-electron chi connectivity index (χ4n) is 15.7. The minimum Gasteiger partial charge on any atom is -0.496 e. The minimum atomic E-state index is -5.08. The van der Waals surface area contributed by atoms with Gasteiger partial charge in [-0.25, -0.2) is 39.1 Å². The lowest BCUT2D eigenvalue weighted by atomic mass is 9.83. The molecule has 3 saturated heterocycles. The number of rotatable bonds is 11. The fraction of sp³-hybridized carbons (Fsp3) is 0.432. The first-order chi connectivity index (χ1) is 57.8.